The first-order valence-corrected chi connectivity index (χ1v) is 5.70. The van der Waals surface area contributed by atoms with Crippen molar-refractivity contribution >= 4 is 0 Å². The van der Waals surface area contributed by atoms with Crippen LogP contribution in [0, 0.1) is 5.92 Å². The molecule has 1 atom stereocenters. The Labute approximate surface area is 90.1 Å². The zero-order chi connectivity index (χ0) is 10.7. The summed E-state index contributed by atoms with van der Waals surface area (Å²) in [5, 5.41) is 3.46. The average molecular weight is 206 g/mol. The van der Waals surface area contributed by atoms with Crippen molar-refractivity contribution in [1.82, 2.24) is 9.88 Å². The maximum absolute atomic E-state index is 11.5. The van der Waals surface area contributed by atoms with Gasteiger partial charge < -0.3 is 9.88 Å². The monoisotopic (exact) mass is 206 g/mol. The molecule has 0 aliphatic heterocycles. The van der Waals surface area contributed by atoms with Crippen LogP contribution in [0.4, 0.5) is 0 Å². The maximum Gasteiger partial charge on any atom is 0.250 e. The maximum atomic E-state index is 11.5. The van der Waals surface area contributed by atoms with Gasteiger partial charge in [-0.15, -0.1) is 0 Å². The summed E-state index contributed by atoms with van der Waals surface area (Å²) in [6, 6.07) is 5.79. The molecule has 0 aromatic carbocycles. The van der Waals surface area contributed by atoms with Crippen LogP contribution in [0.5, 0.6) is 0 Å². The van der Waals surface area contributed by atoms with Gasteiger partial charge >= 0.3 is 0 Å². The molecule has 15 heavy (non-hydrogen) atoms. The van der Waals surface area contributed by atoms with Gasteiger partial charge in [0.15, 0.2) is 0 Å². The smallest absolute Gasteiger partial charge is 0.250 e. The van der Waals surface area contributed by atoms with Crippen LogP contribution in [0.2, 0.25) is 0 Å². The number of nitrogens with one attached hydrogen (secondary N) is 1. The van der Waals surface area contributed by atoms with Crippen LogP contribution in [-0.4, -0.2) is 17.2 Å². The summed E-state index contributed by atoms with van der Waals surface area (Å²) >= 11 is 0. The predicted molar refractivity (Wildman–Crippen MR) is 60.9 cm³/mol. The molecule has 0 radical (unpaired) electrons. The first-order chi connectivity index (χ1) is 7.31. The molecule has 1 fully saturated rings. The number of rotatable bonds is 5. The van der Waals surface area contributed by atoms with Gasteiger partial charge in [0.05, 0.1) is 0 Å². The van der Waals surface area contributed by atoms with Gasteiger partial charge in [-0.2, -0.15) is 0 Å². The summed E-state index contributed by atoms with van der Waals surface area (Å²) in [6.45, 7) is 3.89. The minimum atomic E-state index is 0.0982. The number of aromatic nitrogens is 1. The quantitative estimate of drug-likeness (QED) is 0.786. The molecule has 1 unspecified atom stereocenters. The molecule has 82 valence electrons. The van der Waals surface area contributed by atoms with Crippen LogP contribution in [0.15, 0.2) is 29.2 Å². The van der Waals surface area contributed by atoms with Gasteiger partial charge in [-0.25, -0.2) is 0 Å². The second-order valence-electron chi connectivity index (χ2n) is 4.19. The second-order valence-corrected chi connectivity index (χ2v) is 4.19. The topological polar surface area (TPSA) is 34.0 Å². The molecule has 1 aromatic rings. The van der Waals surface area contributed by atoms with Crippen molar-refractivity contribution < 1.29 is 0 Å². The predicted octanol–water partition coefficient (Wildman–Crippen LogP) is 1.24. The molecule has 1 aliphatic rings. The number of hydrogen-bond donors (Lipinski definition) is 1. The summed E-state index contributed by atoms with van der Waals surface area (Å²) in [5.41, 5.74) is 0.0982. The van der Waals surface area contributed by atoms with Gasteiger partial charge in [0.2, 0.25) is 0 Å². The highest BCUT2D eigenvalue weighted by Gasteiger charge is 2.30. The Balaban J connectivity index is 2.05. The number of pyridine rings is 1. The van der Waals surface area contributed by atoms with Crippen molar-refractivity contribution in [3.05, 3.63) is 34.7 Å². The number of hydrogen-bond acceptors (Lipinski definition) is 2. The summed E-state index contributed by atoms with van der Waals surface area (Å²) in [5.74, 6) is 0.775. The van der Waals surface area contributed by atoms with Gasteiger partial charge in [-0.05, 0) is 31.4 Å². The molecule has 1 N–H and O–H groups in total. The zero-order valence-electron chi connectivity index (χ0n) is 9.15. The van der Waals surface area contributed by atoms with Gasteiger partial charge in [-0.1, -0.05) is 13.0 Å². The Morgan fingerprint density at radius 2 is 2.33 bits per heavy atom. The lowest BCUT2D eigenvalue weighted by atomic mass is 10.2. The Kier molecular flexibility index (Phi) is 3.21. The Hall–Kier alpha value is -1.09. The van der Waals surface area contributed by atoms with E-state index in [-0.39, 0.29) is 5.56 Å². The third-order valence-electron chi connectivity index (χ3n) is 2.95. The average Bonchev–Trinajstić information content (AvgIpc) is 3.04. The van der Waals surface area contributed by atoms with Gasteiger partial charge in [0, 0.05) is 24.8 Å². The highest BCUT2D eigenvalue weighted by atomic mass is 16.1. The minimum Gasteiger partial charge on any atom is -0.314 e. The van der Waals surface area contributed by atoms with Crippen LogP contribution >= 0.6 is 0 Å². The molecule has 1 aliphatic carbocycles. The van der Waals surface area contributed by atoms with E-state index in [9.17, 15) is 4.79 Å². The van der Waals surface area contributed by atoms with Gasteiger partial charge in [-0.3, -0.25) is 4.79 Å². The third-order valence-corrected chi connectivity index (χ3v) is 2.95. The molecular weight excluding hydrogens is 188 g/mol. The Morgan fingerprint density at radius 3 is 2.93 bits per heavy atom. The SMILES string of the molecule is CCNC(Cn1ccccc1=O)C1CC1. The van der Waals surface area contributed by atoms with Crippen LogP contribution in [0.3, 0.4) is 0 Å². The fourth-order valence-electron chi connectivity index (χ4n) is 1.96. The molecule has 2 rings (SSSR count). The van der Waals surface area contributed by atoms with E-state index in [1.54, 1.807) is 16.7 Å². The van der Waals surface area contributed by atoms with Crippen molar-refractivity contribution in [2.75, 3.05) is 6.54 Å². The van der Waals surface area contributed by atoms with Crippen molar-refractivity contribution in [3.8, 4) is 0 Å². The van der Waals surface area contributed by atoms with Crippen molar-refractivity contribution in [3.63, 3.8) is 0 Å². The van der Waals surface area contributed by atoms with E-state index >= 15 is 0 Å². The molecule has 0 amide bonds. The van der Waals surface area contributed by atoms with E-state index in [1.165, 1.54) is 12.8 Å². The van der Waals surface area contributed by atoms with E-state index < -0.39 is 0 Å². The van der Waals surface area contributed by atoms with Crippen molar-refractivity contribution in [1.29, 1.82) is 0 Å². The normalized spacial score (nSPS) is 17.7. The zero-order valence-corrected chi connectivity index (χ0v) is 9.15. The summed E-state index contributed by atoms with van der Waals surface area (Å²) in [4.78, 5) is 11.5. The lowest BCUT2D eigenvalue weighted by Crippen LogP contribution is -2.37. The van der Waals surface area contributed by atoms with Crippen molar-refractivity contribution in [2.45, 2.75) is 32.4 Å². The summed E-state index contributed by atoms with van der Waals surface area (Å²) in [6.07, 6.45) is 4.48. The van der Waals surface area contributed by atoms with Crippen LogP contribution in [-0.2, 0) is 6.54 Å². The van der Waals surface area contributed by atoms with E-state index in [4.69, 9.17) is 0 Å². The number of likely N-dealkylation sites (N-methyl/N-ethyl adjacent to an activating group) is 1. The molecule has 1 saturated carbocycles. The van der Waals surface area contributed by atoms with Crippen LogP contribution < -0.4 is 10.9 Å². The van der Waals surface area contributed by atoms with Crippen LogP contribution in [0.25, 0.3) is 0 Å². The van der Waals surface area contributed by atoms with Gasteiger partial charge in [0.1, 0.15) is 0 Å². The minimum absolute atomic E-state index is 0.0982. The van der Waals surface area contributed by atoms with E-state index in [2.05, 4.69) is 12.2 Å². The lowest BCUT2D eigenvalue weighted by Gasteiger charge is -2.18. The molecule has 1 aromatic heterocycles. The number of nitrogens with zero attached hydrogens (tertiary/aromatic N) is 1. The molecule has 0 spiro atoms. The second kappa shape index (κ2) is 4.62. The van der Waals surface area contributed by atoms with Crippen LogP contribution in [0.1, 0.15) is 19.8 Å². The molecule has 1 heterocycles. The van der Waals surface area contributed by atoms with Crippen molar-refractivity contribution in [2.24, 2.45) is 5.92 Å². The lowest BCUT2D eigenvalue weighted by molar-refractivity contribution is 0.410. The van der Waals surface area contributed by atoms with E-state index in [0.717, 1.165) is 19.0 Å². The summed E-state index contributed by atoms with van der Waals surface area (Å²) in [7, 11) is 0. The molecule has 0 bridgehead atoms. The fourth-order valence-corrected chi connectivity index (χ4v) is 1.96. The first-order valence-electron chi connectivity index (χ1n) is 5.70. The highest BCUT2D eigenvalue weighted by molar-refractivity contribution is 4.95. The standard InChI is InChI=1S/C12H18N2O/c1-2-13-11(10-6-7-10)9-14-8-4-3-5-12(14)15/h3-5,8,10-11,13H,2,6-7,9H2,1H3. The Morgan fingerprint density at radius 1 is 1.53 bits per heavy atom. The van der Waals surface area contributed by atoms with E-state index in [1.807, 2.05) is 12.3 Å². The molecule has 3 heteroatoms. The van der Waals surface area contributed by atoms with Gasteiger partial charge in [0.25, 0.3) is 5.56 Å². The largest absolute Gasteiger partial charge is 0.314 e. The van der Waals surface area contributed by atoms with E-state index in [0.29, 0.717) is 6.04 Å². The highest BCUT2D eigenvalue weighted by Crippen LogP contribution is 2.33. The third kappa shape index (κ3) is 2.69. The first kappa shape index (κ1) is 10.4. The fraction of sp³-hybridized carbons (Fsp3) is 0.583. The molecule has 3 nitrogen and oxygen atoms in total. The summed E-state index contributed by atoms with van der Waals surface area (Å²) < 4.78 is 1.80. The molecular formula is C12H18N2O. The molecule has 0 saturated heterocycles. The Bertz CT molecular complexity index is 368.